The number of thioether (sulfide) groups is 1. The molecule has 0 saturated carbocycles. The molecule has 140 valence electrons. The van der Waals surface area contributed by atoms with E-state index < -0.39 is 10.0 Å². The van der Waals surface area contributed by atoms with Gasteiger partial charge in [0.2, 0.25) is 15.9 Å². The second-order valence-corrected chi connectivity index (χ2v) is 9.41. The summed E-state index contributed by atoms with van der Waals surface area (Å²) in [6.07, 6.45) is 0. The molecule has 0 fully saturated rings. The normalized spacial score (nSPS) is 11.5. The van der Waals surface area contributed by atoms with Crippen LogP contribution in [-0.4, -0.2) is 38.5 Å². The lowest BCUT2D eigenvalue weighted by molar-refractivity contribution is -0.118. The van der Waals surface area contributed by atoms with Crippen LogP contribution < -0.4 is 5.32 Å². The molecule has 0 aromatic heterocycles. The standard InChI is InChI=1S/C18H21ClN2O3S2/c1-21(2)26(23,24)17-8-4-6-15(10-17)12-25-13-18(22)20-11-14-5-3-7-16(19)9-14/h3-10H,11-13H2,1-2H3,(H,20,22). The Balaban J connectivity index is 1.83. The van der Waals surface area contributed by atoms with Crippen molar-refractivity contribution in [2.75, 3.05) is 19.8 Å². The van der Waals surface area contributed by atoms with Gasteiger partial charge in [-0.3, -0.25) is 4.79 Å². The highest BCUT2D eigenvalue weighted by molar-refractivity contribution is 7.99. The topological polar surface area (TPSA) is 66.5 Å². The molecule has 0 aliphatic heterocycles. The minimum atomic E-state index is -3.45. The molecule has 0 spiro atoms. The highest BCUT2D eigenvalue weighted by atomic mass is 35.5. The van der Waals surface area contributed by atoms with Gasteiger partial charge in [-0.25, -0.2) is 12.7 Å². The summed E-state index contributed by atoms with van der Waals surface area (Å²) >= 11 is 7.35. The molecule has 1 N–H and O–H groups in total. The maximum absolute atomic E-state index is 12.2. The van der Waals surface area contributed by atoms with Crippen LogP contribution in [0, 0.1) is 0 Å². The summed E-state index contributed by atoms with van der Waals surface area (Å²) in [6, 6.07) is 14.1. The number of carbonyl (C=O) groups is 1. The zero-order chi connectivity index (χ0) is 19.2. The number of nitrogens with one attached hydrogen (secondary N) is 1. The van der Waals surface area contributed by atoms with E-state index in [-0.39, 0.29) is 10.8 Å². The van der Waals surface area contributed by atoms with E-state index in [4.69, 9.17) is 11.6 Å². The number of hydrogen-bond acceptors (Lipinski definition) is 4. The van der Waals surface area contributed by atoms with Gasteiger partial charge in [-0.2, -0.15) is 0 Å². The Morgan fingerprint density at radius 1 is 1.12 bits per heavy atom. The van der Waals surface area contributed by atoms with E-state index >= 15 is 0 Å². The van der Waals surface area contributed by atoms with E-state index in [1.54, 1.807) is 24.3 Å². The Morgan fingerprint density at radius 2 is 1.81 bits per heavy atom. The lowest BCUT2D eigenvalue weighted by Gasteiger charge is -2.12. The summed E-state index contributed by atoms with van der Waals surface area (Å²) in [5, 5.41) is 3.48. The van der Waals surface area contributed by atoms with Gasteiger partial charge < -0.3 is 5.32 Å². The highest BCUT2D eigenvalue weighted by Crippen LogP contribution is 2.18. The monoisotopic (exact) mass is 412 g/mol. The van der Waals surface area contributed by atoms with Crippen LogP contribution in [0.15, 0.2) is 53.4 Å². The maximum atomic E-state index is 12.2. The predicted octanol–water partition coefficient (Wildman–Crippen LogP) is 3.14. The Morgan fingerprint density at radius 3 is 2.50 bits per heavy atom. The number of nitrogens with zero attached hydrogens (tertiary/aromatic N) is 1. The van der Waals surface area contributed by atoms with Gasteiger partial charge in [0.05, 0.1) is 10.6 Å². The number of benzene rings is 2. The zero-order valence-corrected chi connectivity index (χ0v) is 17.0. The van der Waals surface area contributed by atoms with E-state index in [0.717, 1.165) is 11.1 Å². The molecule has 2 rings (SSSR count). The average molecular weight is 413 g/mol. The van der Waals surface area contributed by atoms with Gasteiger partial charge in [0.25, 0.3) is 0 Å². The Kier molecular flexibility index (Phi) is 7.52. The van der Waals surface area contributed by atoms with E-state index in [2.05, 4.69) is 5.32 Å². The number of sulfonamides is 1. The Hall–Kier alpha value is -1.54. The van der Waals surface area contributed by atoms with Crippen LogP contribution in [-0.2, 0) is 27.1 Å². The fraction of sp³-hybridized carbons (Fsp3) is 0.278. The number of amides is 1. The molecule has 0 heterocycles. The summed E-state index contributed by atoms with van der Waals surface area (Å²) in [6.45, 7) is 0.427. The predicted molar refractivity (Wildman–Crippen MR) is 107 cm³/mol. The third-order valence-electron chi connectivity index (χ3n) is 3.56. The first-order valence-corrected chi connectivity index (χ1v) is 10.9. The Labute approximate surface area is 163 Å². The molecule has 0 atom stereocenters. The fourth-order valence-corrected chi connectivity index (χ4v) is 4.16. The van der Waals surface area contributed by atoms with Crippen molar-refractivity contribution in [1.29, 1.82) is 0 Å². The van der Waals surface area contributed by atoms with Crippen molar-refractivity contribution in [3.63, 3.8) is 0 Å². The van der Waals surface area contributed by atoms with Crippen molar-refractivity contribution in [2.45, 2.75) is 17.2 Å². The number of hydrogen-bond donors (Lipinski definition) is 1. The first-order chi connectivity index (χ1) is 12.3. The van der Waals surface area contributed by atoms with E-state index in [0.29, 0.717) is 23.1 Å². The summed E-state index contributed by atoms with van der Waals surface area (Å²) in [5.74, 6) is 0.777. The molecule has 2 aromatic rings. The third-order valence-corrected chi connectivity index (χ3v) is 6.61. The van der Waals surface area contributed by atoms with Crippen LogP contribution >= 0.6 is 23.4 Å². The quantitative estimate of drug-likeness (QED) is 0.723. The van der Waals surface area contributed by atoms with Crippen molar-refractivity contribution in [3.8, 4) is 0 Å². The average Bonchev–Trinajstić information content (AvgIpc) is 2.60. The van der Waals surface area contributed by atoms with Gasteiger partial charge in [0.1, 0.15) is 0 Å². The SMILES string of the molecule is CN(C)S(=O)(=O)c1cccc(CSCC(=O)NCc2cccc(Cl)c2)c1. The molecule has 8 heteroatoms. The van der Waals surface area contributed by atoms with Gasteiger partial charge in [0, 0.05) is 31.4 Å². The van der Waals surface area contributed by atoms with Crippen LogP contribution in [0.2, 0.25) is 5.02 Å². The molecular weight excluding hydrogens is 392 g/mol. The molecule has 26 heavy (non-hydrogen) atoms. The smallest absolute Gasteiger partial charge is 0.242 e. The van der Waals surface area contributed by atoms with E-state index in [9.17, 15) is 13.2 Å². The first-order valence-electron chi connectivity index (χ1n) is 7.89. The lowest BCUT2D eigenvalue weighted by atomic mass is 10.2. The van der Waals surface area contributed by atoms with Crippen LogP contribution in [0.4, 0.5) is 0 Å². The number of halogens is 1. The minimum Gasteiger partial charge on any atom is -0.351 e. The highest BCUT2D eigenvalue weighted by Gasteiger charge is 2.17. The van der Waals surface area contributed by atoms with Gasteiger partial charge in [-0.15, -0.1) is 11.8 Å². The lowest BCUT2D eigenvalue weighted by Crippen LogP contribution is -2.24. The summed E-state index contributed by atoms with van der Waals surface area (Å²) in [5.41, 5.74) is 1.80. The van der Waals surface area contributed by atoms with E-state index in [1.165, 1.54) is 30.2 Å². The molecule has 5 nitrogen and oxygen atoms in total. The maximum Gasteiger partial charge on any atom is 0.242 e. The van der Waals surface area contributed by atoms with Crippen LogP contribution in [0.1, 0.15) is 11.1 Å². The van der Waals surface area contributed by atoms with Crippen molar-refractivity contribution >= 4 is 39.3 Å². The van der Waals surface area contributed by atoms with Crippen molar-refractivity contribution in [1.82, 2.24) is 9.62 Å². The summed E-state index contributed by atoms with van der Waals surface area (Å²) in [7, 11) is -0.448. The third kappa shape index (κ3) is 6.02. The van der Waals surface area contributed by atoms with Crippen LogP contribution in [0.25, 0.3) is 0 Å². The second-order valence-electron chi connectivity index (χ2n) is 5.83. The van der Waals surface area contributed by atoms with Crippen LogP contribution in [0.3, 0.4) is 0 Å². The molecule has 0 saturated heterocycles. The number of rotatable bonds is 8. The van der Waals surface area contributed by atoms with Gasteiger partial charge in [-0.1, -0.05) is 35.9 Å². The number of carbonyl (C=O) groups excluding carboxylic acids is 1. The molecule has 0 aliphatic carbocycles. The fourth-order valence-electron chi connectivity index (χ4n) is 2.17. The van der Waals surface area contributed by atoms with Gasteiger partial charge >= 0.3 is 0 Å². The van der Waals surface area contributed by atoms with Crippen LogP contribution in [0.5, 0.6) is 0 Å². The first kappa shape index (κ1) is 20.8. The Bertz CT molecular complexity index is 870. The van der Waals surface area contributed by atoms with Crippen molar-refractivity contribution in [2.24, 2.45) is 0 Å². The second kappa shape index (κ2) is 9.41. The molecule has 0 aliphatic rings. The zero-order valence-electron chi connectivity index (χ0n) is 14.6. The van der Waals surface area contributed by atoms with E-state index in [1.807, 2.05) is 24.3 Å². The molecule has 0 unspecified atom stereocenters. The van der Waals surface area contributed by atoms with Gasteiger partial charge in [-0.05, 0) is 35.4 Å². The largest absolute Gasteiger partial charge is 0.351 e. The van der Waals surface area contributed by atoms with Gasteiger partial charge in [0.15, 0.2) is 0 Å². The molecule has 0 radical (unpaired) electrons. The summed E-state index contributed by atoms with van der Waals surface area (Å²) in [4.78, 5) is 12.2. The minimum absolute atomic E-state index is 0.0768. The molecule has 0 bridgehead atoms. The molecule has 2 aromatic carbocycles. The molecule has 1 amide bonds. The summed E-state index contributed by atoms with van der Waals surface area (Å²) < 4.78 is 25.5. The van der Waals surface area contributed by atoms with Crippen molar-refractivity contribution < 1.29 is 13.2 Å². The van der Waals surface area contributed by atoms with Crippen molar-refractivity contribution in [3.05, 3.63) is 64.7 Å². The molecular formula is C18H21ClN2O3S2.